The summed E-state index contributed by atoms with van der Waals surface area (Å²) in [6.07, 6.45) is 1.88. The maximum Gasteiger partial charge on any atom is 0.307 e. The van der Waals surface area contributed by atoms with Gasteiger partial charge in [-0.3, -0.25) is 14.4 Å². The number of hydrogen-bond acceptors (Lipinski definition) is 4. The Morgan fingerprint density at radius 1 is 1.17 bits per heavy atom. The monoisotopic (exact) mass is 318 g/mol. The van der Waals surface area contributed by atoms with Gasteiger partial charge in [0.2, 0.25) is 5.91 Å². The van der Waals surface area contributed by atoms with Crippen molar-refractivity contribution in [2.45, 2.75) is 39.2 Å². The minimum absolute atomic E-state index is 0.0332. The first kappa shape index (κ1) is 17.0. The predicted octanol–water partition coefficient (Wildman–Crippen LogP) is 2.11. The van der Waals surface area contributed by atoms with Gasteiger partial charge < -0.3 is 15.4 Å². The molecule has 2 rings (SSSR count). The molecule has 124 valence electrons. The van der Waals surface area contributed by atoms with Gasteiger partial charge in [-0.05, 0) is 51.0 Å². The molecule has 1 saturated carbocycles. The fraction of sp³-hybridized carbons (Fsp3) is 0.471. The van der Waals surface area contributed by atoms with Crippen molar-refractivity contribution in [3.05, 3.63) is 29.8 Å². The third-order valence-corrected chi connectivity index (χ3v) is 3.34. The van der Waals surface area contributed by atoms with Crippen molar-refractivity contribution in [2.24, 2.45) is 5.92 Å². The predicted molar refractivity (Wildman–Crippen MR) is 86.0 cm³/mol. The number of carbonyl (C=O) groups excluding carboxylic acids is 3. The largest absolute Gasteiger partial charge is 0.463 e. The molecular weight excluding hydrogens is 296 g/mol. The zero-order valence-electron chi connectivity index (χ0n) is 13.4. The van der Waals surface area contributed by atoms with Crippen LogP contribution in [0.1, 0.15) is 43.5 Å². The lowest BCUT2D eigenvalue weighted by Crippen LogP contribution is -2.27. The van der Waals surface area contributed by atoms with Crippen molar-refractivity contribution in [1.29, 1.82) is 0 Å². The highest BCUT2D eigenvalue weighted by atomic mass is 16.5. The molecular formula is C17H22N2O4. The van der Waals surface area contributed by atoms with Crippen molar-refractivity contribution >= 4 is 23.5 Å². The normalized spacial score (nSPS) is 13.5. The summed E-state index contributed by atoms with van der Waals surface area (Å²) in [5.41, 5.74) is 1.16. The number of amides is 2. The van der Waals surface area contributed by atoms with Crippen molar-refractivity contribution in [3.63, 3.8) is 0 Å². The Balaban J connectivity index is 1.76. The topological polar surface area (TPSA) is 84.5 Å². The summed E-state index contributed by atoms with van der Waals surface area (Å²) in [6.45, 7) is 3.78. The number of benzene rings is 1. The van der Waals surface area contributed by atoms with Crippen molar-refractivity contribution in [2.75, 3.05) is 11.9 Å². The van der Waals surface area contributed by atoms with E-state index in [1.807, 2.05) is 0 Å². The SMILES string of the molecule is CC(C)OC(=O)CCNC(=O)c1ccc(NC(=O)C2CC2)cc1. The smallest absolute Gasteiger partial charge is 0.307 e. The number of carbonyl (C=O) groups is 3. The zero-order chi connectivity index (χ0) is 16.8. The van der Waals surface area contributed by atoms with Gasteiger partial charge >= 0.3 is 5.97 Å². The van der Waals surface area contributed by atoms with Crippen LogP contribution in [-0.2, 0) is 14.3 Å². The highest BCUT2D eigenvalue weighted by Crippen LogP contribution is 2.30. The lowest BCUT2D eigenvalue weighted by molar-refractivity contribution is -0.147. The van der Waals surface area contributed by atoms with Crippen molar-refractivity contribution in [1.82, 2.24) is 5.32 Å². The molecule has 1 aromatic rings. The van der Waals surface area contributed by atoms with Gasteiger partial charge in [0.05, 0.1) is 12.5 Å². The van der Waals surface area contributed by atoms with E-state index in [0.717, 1.165) is 12.8 Å². The van der Waals surface area contributed by atoms with Crippen LogP contribution in [0.15, 0.2) is 24.3 Å². The third kappa shape index (κ3) is 5.73. The second kappa shape index (κ2) is 7.76. The van der Waals surface area contributed by atoms with E-state index in [4.69, 9.17) is 4.74 Å². The number of rotatable bonds is 7. The van der Waals surface area contributed by atoms with E-state index < -0.39 is 0 Å². The highest BCUT2D eigenvalue weighted by Gasteiger charge is 2.29. The van der Waals surface area contributed by atoms with E-state index in [1.54, 1.807) is 38.1 Å². The first-order chi connectivity index (χ1) is 11.0. The second-order valence-electron chi connectivity index (χ2n) is 5.89. The van der Waals surface area contributed by atoms with E-state index in [9.17, 15) is 14.4 Å². The lowest BCUT2D eigenvalue weighted by Gasteiger charge is -2.09. The first-order valence-electron chi connectivity index (χ1n) is 7.84. The van der Waals surface area contributed by atoms with Gasteiger partial charge in [0.1, 0.15) is 0 Å². The number of hydrogen-bond donors (Lipinski definition) is 2. The Morgan fingerprint density at radius 2 is 1.83 bits per heavy atom. The van der Waals surface area contributed by atoms with Gasteiger partial charge in [0.15, 0.2) is 0 Å². The van der Waals surface area contributed by atoms with Crippen LogP contribution < -0.4 is 10.6 Å². The van der Waals surface area contributed by atoms with Gasteiger partial charge in [-0.15, -0.1) is 0 Å². The molecule has 23 heavy (non-hydrogen) atoms. The zero-order valence-corrected chi connectivity index (χ0v) is 13.4. The quantitative estimate of drug-likeness (QED) is 0.754. The van der Waals surface area contributed by atoms with Crippen LogP contribution in [0.4, 0.5) is 5.69 Å². The molecule has 0 aromatic heterocycles. The molecule has 0 atom stereocenters. The maximum atomic E-state index is 11.9. The van der Waals surface area contributed by atoms with Gasteiger partial charge in [-0.2, -0.15) is 0 Å². The summed E-state index contributed by atoms with van der Waals surface area (Å²) < 4.78 is 4.98. The Kier molecular flexibility index (Phi) is 5.73. The Hall–Kier alpha value is -2.37. The molecule has 2 N–H and O–H groups in total. The average molecular weight is 318 g/mol. The van der Waals surface area contributed by atoms with Crippen molar-refractivity contribution in [3.8, 4) is 0 Å². The molecule has 6 heteroatoms. The van der Waals surface area contributed by atoms with E-state index >= 15 is 0 Å². The van der Waals surface area contributed by atoms with E-state index in [0.29, 0.717) is 11.3 Å². The van der Waals surface area contributed by atoms with Crippen LogP contribution in [0, 0.1) is 5.92 Å². The summed E-state index contributed by atoms with van der Waals surface area (Å²) in [4.78, 5) is 35.0. The van der Waals surface area contributed by atoms with E-state index in [-0.39, 0.29) is 42.8 Å². The molecule has 0 bridgehead atoms. The second-order valence-corrected chi connectivity index (χ2v) is 5.89. The molecule has 0 heterocycles. The molecule has 0 saturated heterocycles. The molecule has 0 aliphatic heterocycles. The van der Waals surface area contributed by atoms with Crippen molar-refractivity contribution < 1.29 is 19.1 Å². The number of nitrogens with one attached hydrogen (secondary N) is 2. The molecule has 1 aliphatic rings. The number of ether oxygens (including phenoxy) is 1. The summed E-state index contributed by atoms with van der Waals surface area (Å²) in [5.74, 6) is -0.421. The fourth-order valence-corrected chi connectivity index (χ4v) is 2.00. The molecule has 0 radical (unpaired) electrons. The number of anilines is 1. The first-order valence-corrected chi connectivity index (χ1v) is 7.84. The summed E-state index contributed by atoms with van der Waals surface area (Å²) in [6, 6.07) is 6.68. The number of esters is 1. The van der Waals surface area contributed by atoms with Crippen LogP contribution in [0.3, 0.4) is 0 Å². The Bertz CT molecular complexity index is 577. The Labute approximate surface area is 135 Å². The summed E-state index contributed by atoms with van der Waals surface area (Å²) in [5, 5.41) is 5.48. The fourth-order valence-electron chi connectivity index (χ4n) is 2.00. The standard InChI is InChI=1S/C17H22N2O4/c1-11(2)23-15(20)9-10-18-16(21)12-5-7-14(8-6-12)19-17(22)13-3-4-13/h5-8,11,13H,3-4,9-10H2,1-2H3,(H,18,21)(H,19,22). The summed E-state index contributed by atoms with van der Waals surface area (Å²) >= 11 is 0. The van der Waals surface area contributed by atoms with Crippen LogP contribution in [0.25, 0.3) is 0 Å². The van der Waals surface area contributed by atoms with Crippen LogP contribution >= 0.6 is 0 Å². The van der Waals surface area contributed by atoms with Crippen LogP contribution in [0.2, 0.25) is 0 Å². The minimum Gasteiger partial charge on any atom is -0.463 e. The minimum atomic E-state index is -0.335. The third-order valence-electron chi connectivity index (χ3n) is 3.34. The molecule has 1 aromatic carbocycles. The average Bonchev–Trinajstić information content (AvgIpc) is 3.31. The maximum absolute atomic E-state index is 11.9. The lowest BCUT2D eigenvalue weighted by atomic mass is 10.2. The summed E-state index contributed by atoms with van der Waals surface area (Å²) in [7, 11) is 0. The molecule has 0 unspecified atom stereocenters. The molecule has 0 spiro atoms. The van der Waals surface area contributed by atoms with Crippen LogP contribution in [0.5, 0.6) is 0 Å². The van der Waals surface area contributed by atoms with Gasteiger partial charge in [-0.1, -0.05) is 0 Å². The molecule has 1 aliphatic carbocycles. The van der Waals surface area contributed by atoms with E-state index in [2.05, 4.69) is 10.6 Å². The molecule has 6 nitrogen and oxygen atoms in total. The highest BCUT2D eigenvalue weighted by molar-refractivity contribution is 5.96. The molecule has 1 fully saturated rings. The molecule has 2 amide bonds. The van der Waals surface area contributed by atoms with Gasteiger partial charge in [0.25, 0.3) is 5.91 Å². The van der Waals surface area contributed by atoms with Gasteiger partial charge in [0, 0.05) is 23.7 Å². The van der Waals surface area contributed by atoms with Crippen LogP contribution in [-0.4, -0.2) is 30.4 Å². The van der Waals surface area contributed by atoms with E-state index in [1.165, 1.54) is 0 Å². The van der Waals surface area contributed by atoms with Gasteiger partial charge in [-0.25, -0.2) is 0 Å². The Morgan fingerprint density at radius 3 is 2.39 bits per heavy atom.